The van der Waals surface area contributed by atoms with E-state index in [4.69, 9.17) is 0 Å². The molecule has 7 heteroatoms. The van der Waals surface area contributed by atoms with E-state index in [9.17, 15) is 14.0 Å². The van der Waals surface area contributed by atoms with E-state index in [0.717, 1.165) is 41.5 Å². The lowest BCUT2D eigenvalue weighted by atomic mass is 9.96. The average molecular weight is 418 g/mol. The maximum Gasteiger partial charge on any atom is 0.254 e. The third kappa shape index (κ3) is 3.60. The van der Waals surface area contributed by atoms with Crippen LogP contribution in [-0.4, -0.2) is 41.8 Å². The van der Waals surface area contributed by atoms with E-state index >= 15 is 0 Å². The van der Waals surface area contributed by atoms with Gasteiger partial charge < -0.3 is 15.1 Å². The van der Waals surface area contributed by atoms with Crippen LogP contribution in [0.1, 0.15) is 28.8 Å². The van der Waals surface area contributed by atoms with Crippen molar-refractivity contribution in [3.05, 3.63) is 65.6 Å². The lowest BCUT2D eigenvalue weighted by Crippen LogP contribution is -2.40. The molecule has 0 saturated carbocycles. The van der Waals surface area contributed by atoms with Gasteiger partial charge in [0.15, 0.2) is 0 Å². The fourth-order valence-corrected chi connectivity index (χ4v) is 4.56. The third-order valence-corrected chi connectivity index (χ3v) is 6.18. The molecular weight excluding hydrogens is 395 g/mol. The van der Waals surface area contributed by atoms with E-state index in [2.05, 4.69) is 15.2 Å². The molecule has 0 radical (unpaired) electrons. The lowest BCUT2D eigenvalue weighted by molar-refractivity contribution is -0.120. The number of fused-ring (bicyclic) bond motifs is 2. The summed E-state index contributed by atoms with van der Waals surface area (Å²) in [5.41, 5.74) is 3.90. The van der Waals surface area contributed by atoms with Gasteiger partial charge >= 0.3 is 0 Å². The summed E-state index contributed by atoms with van der Waals surface area (Å²) in [6.45, 7) is 1.95. The van der Waals surface area contributed by atoms with Gasteiger partial charge in [-0.25, -0.2) is 4.39 Å². The zero-order valence-corrected chi connectivity index (χ0v) is 17.3. The first-order valence-electron chi connectivity index (χ1n) is 10.5. The number of rotatable bonds is 3. The van der Waals surface area contributed by atoms with Gasteiger partial charge in [-0.1, -0.05) is 6.07 Å². The Hall–Kier alpha value is -3.48. The van der Waals surface area contributed by atoms with Crippen LogP contribution in [0.3, 0.4) is 0 Å². The van der Waals surface area contributed by atoms with Crippen LogP contribution in [0, 0.1) is 11.7 Å². The van der Waals surface area contributed by atoms with Crippen molar-refractivity contribution < 1.29 is 14.0 Å². The van der Waals surface area contributed by atoms with Gasteiger partial charge in [-0.05, 0) is 54.8 Å². The van der Waals surface area contributed by atoms with E-state index in [1.807, 2.05) is 18.2 Å². The van der Waals surface area contributed by atoms with Gasteiger partial charge in [0.1, 0.15) is 5.82 Å². The molecule has 2 aliphatic heterocycles. The number of carbonyl (C=O) groups is 2. The van der Waals surface area contributed by atoms with Crippen molar-refractivity contribution >= 4 is 34.1 Å². The number of nitrogens with one attached hydrogen (secondary N) is 1. The van der Waals surface area contributed by atoms with Crippen molar-refractivity contribution in [1.29, 1.82) is 0 Å². The predicted octanol–water partition coefficient (Wildman–Crippen LogP) is 3.81. The third-order valence-electron chi connectivity index (χ3n) is 6.18. The number of nitrogens with zero attached hydrogens (tertiary/aromatic N) is 3. The number of amides is 2. The predicted molar refractivity (Wildman–Crippen MR) is 118 cm³/mol. The van der Waals surface area contributed by atoms with Crippen molar-refractivity contribution in [3.8, 4) is 0 Å². The molecule has 1 aromatic heterocycles. The molecule has 3 heterocycles. The molecule has 3 aromatic rings. The number of anilines is 2. The summed E-state index contributed by atoms with van der Waals surface area (Å²) >= 11 is 0. The highest BCUT2D eigenvalue weighted by Crippen LogP contribution is 2.31. The number of carbonyl (C=O) groups excluding carboxylic acids is 2. The van der Waals surface area contributed by atoms with Gasteiger partial charge in [-0.15, -0.1) is 0 Å². The Morgan fingerprint density at radius 2 is 2.06 bits per heavy atom. The molecule has 1 saturated heterocycles. The van der Waals surface area contributed by atoms with E-state index in [1.54, 1.807) is 30.3 Å². The normalized spacial score (nSPS) is 18.4. The molecule has 1 N–H and O–H groups in total. The second-order valence-corrected chi connectivity index (χ2v) is 8.30. The molecule has 1 atom stereocenters. The Morgan fingerprint density at radius 3 is 2.94 bits per heavy atom. The van der Waals surface area contributed by atoms with Gasteiger partial charge in [-0.2, -0.15) is 0 Å². The summed E-state index contributed by atoms with van der Waals surface area (Å²) in [5.74, 6) is -0.582. The summed E-state index contributed by atoms with van der Waals surface area (Å²) in [6.07, 6.45) is 3.37. The highest BCUT2D eigenvalue weighted by molar-refractivity contribution is 6.01. The smallest absolute Gasteiger partial charge is 0.254 e. The maximum atomic E-state index is 13.8. The van der Waals surface area contributed by atoms with Crippen LogP contribution < -0.4 is 10.2 Å². The first kappa shape index (κ1) is 19.5. The number of benzene rings is 2. The van der Waals surface area contributed by atoms with E-state index in [1.165, 1.54) is 12.1 Å². The zero-order valence-electron chi connectivity index (χ0n) is 17.3. The highest BCUT2D eigenvalue weighted by atomic mass is 19.1. The molecule has 31 heavy (non-hydrogen) atoms. The Morgan fingerprint density at radius 1 is 1.19 bits per heavy atom. The summed E-state index contributed by atoms with van der Waals surface area (Å²) in [5, 5.41) is 3.74. The molecule has 2 aromatic carbocycles. The zero-order chi connectivity index (χ0) is 21.5. The van der Waals surface area contributed by atoms with Gasteiger partial charge in [-0.3, -0.25) is 14.6 Å². The van der Waals surface area contributed by atoms with Crippen LogP contribution in [0.5, 0.6) is 0 Å². The molecule has 1 unspecified atom stereocenters. The van der Waals surface area contributed by atoms with Crippen molar-refractivity contribution in [1.82, 2.24) is 9.88 Å². The van der Waals surface area contributed by atoms with Crippen molar-refractivity contribution in [2.45, 2.75) is 19.4 Å². The number of hydrogen-bond donors (Lipinski definition) is 1. The minimum absolute atomic E-state index is 0.0215. The minimum atomic E-state index is -0.301. The van der Waals surface area contributed by atoms with Gasteiger partial charge in [0.05, 0.1) is 11.4 Å². The number of halogens is 1. The summed E-state index contributed by atoms with van der Waals surface area (Å²) in [4.78, 5) is 33.4. The van der Waals surface area contributed by atoms with E-state index in [0.29, 0.717) is 24.3 Å². The van der Waals surface area contributed by atoms with Gasteiger partial charge in [0, 0.05) is 55.2 Å². The molecule has 6 nitrogen and oxygen atoms in total. The second kappa shape index (κ2) is 7.65. The van der Waals surface area contributed by atoms with E-state index < -0.39 is 0 Å². The Bertz CT molecular complexity index is 1200. The minimum Gasteiger partial charge on any atom is -0.370 e. The van der Waals surface area contributed by atoms with Crippen LogP contribution in [0.4, 0.5) is 15.8 Å². The largest absolute Gasteiger partial charge is 0.370 e. The van der Waals surface area contributed by atoms with Crippen LogP contribution in [0.15, 0.2) is 48.7 Å². The summed E-state index contributed by atoms with van der Waals surface area (Å²) in [7, 11) is 1.77. The maximum absolute atomic E-state index is 13.8. The van der Waals surface area contributed by atoms with Crippen LogP contribution in [0.2, 0.25) is 0 Å². The summed E-state index contributed by atoms with van der Waals surface area (Å²) in [6, 6.07) is 12.0. The van der Waals surface area contributed by atoms with Crippen LogP contribution in [0.25, 0.3) is 10.9 Å². The number of hydrogen-bond acceptors (Lipinski definition) is 4. The first-order valence-corrected chi connectivity index (χ1v) is 10.5. The molecule has 5 rings (SSSR count). The Kier molecular flexibility index (Phi) is 4.81. The molecule has 0 bridgehead atoms. The van der Waals surface area contributed by atoms with Crippen LogP contribution >= 0.6 is 0 Å². The van der Waals surface area contributed by atoms with Gasteiger partial charge in [0.2, 0.25) is 5.91 Å². The highest BCUT2D eigenvalue weighted by Gasteiger charge is 2.28. The quantitative estimate of drug-likeness (QED) is 0.702. The molecule has 0 aliphatic carbocycles. The van der Waals surface area contributed by atoms with E-state index in [-0.39, 0.29) is 23.5 Å². The number of aromatic nitrogens is 1. The monoisotopic (exact) mass is 418 g/mol. The Labute approximate surface area is 179 Å². The number of piperidine rings is 1. The molecule has 158 valence electrons. The van der Waals surface area contributed by atoms with Gasteiger partial charge in [0.25, 0.3) is 5.91 Å². The molecule has 2 amide bonds. The lowest BCUT2D eigenvalue weighted by Gasteiger charge is -2.34. The van der Waals surface area contributed by atoms with Crippen LogP contribution in [-0.2, 0) is 11.3 Å². The first-order chi connectivity index (χ1) is 15.0. The SMILES string of the molecule is CN1Cc2ccc(NC(=O)C3CCCN(c4ccnc5ccc(F)cc45)C3)cc2C1=O. The second-order valence-electron chi connectivity index (χ2n) is 8.30. The van der Waals surface area contributed by atoms with Crippen molar-refractivity contribution in [2.24, 2.45) is 5.92 Å². The molecule has 2 aliphatic rings. The van der Waals surface area contributed by atoms with Crippen molar-refractivity contribution in [2.75, 3.05) is 30.4 Å². The molecule has 0 spiro atoms. The fraction of sp³-hybridized carbons (Fsp3) is 0.292. The number of pyridine rings is 1. The molecular formula is C24H23FN4O2. The summed E-state index contributed by atoms with van der Waals surface area (Å²) < 4.78 is 13.8. The standard InChI is InChI=1S/C24H23FN4O2/c1-28-13-15-4-6-18(12-19(15)24(28)31)27-23(30)16-3-2-10-29(14-16)22-8-9-26-21-7-5-17(25)11-20(21)22/h4-9,11-12,16H,2-3,10,13-14H2,1H3,(H,27,30). The topological polar surface area (TPSA) is 65.5 Å². The fourth-order valence-electron chi connectivity index (χ4n) is 4.56. The average Bonchev–Trinajstić information content (AvgIpc) is 3.06. The Balaban J connectivity index is 1.34. The van der Waals surface area contributed by atoms with Crippen molar-refractivity contribution in [3.63, 3.8) is 0 Å². The molecule has 1 fully saturated rings.